The molecule has 0 saturated carbocycles. The van der Waals surface area contributed by atoms with Crippen molar-refractivity contribution in [2.24, 2.45) is 0 Å². The lowest BCUT2D eigenvalue weighted by molar-refractivity contribution is -0.161. The molecule has 0 fully saturated rings. The molecule has 0 saturated heterocycles. The van der Waals surface area contributed by atoms with E-state index in [1.165, 1.54) is 11.3 Å². The third kappa shape index (κ3) is 7.86. The van der Waals surface area contributed by atoms with Gasteiger partial charge in [-0.3, -0.25) is 4.79 Å². The zero-order chi connectivity index (χ0) is 26.6. The number of esters is 2. The Morgan fingerprint density at radius 1 is 1.00 bits per heavy atom. The summed E-state index contributed by atoms with van der Waals surface area (Å²) < 4.78 is 23.4. The number of rotatable bonds is 8. The van der Waals surface area contributed by atoms with E-state index in [9.17, 15) is 14.4 Å². The van der Waals surface area contributed by atoms with Crippen molar-refractivity contribution in [3.8, 4) is 0 Å². The van der Waals surface area contributed by atoms with Crippen molar-refractivity contribution < 1.29 is 33.0 Å². The van der Waals surface area contributed by atoms with Crippen LogP contribution in [0.4, 0.5) is 5.00 Å². The fourth-order valence-electron chi connectivity index (χ4n) is 3.91. The fourth-order valence-corrected chi connectivity index (χ4v) is 7.80. The molecule has 2 rings (SSSR count). The lowest BCUT2D eigenvalue weighted by atomic mass is 10.0. The van der Waals surface area contributed by atoms with Gasteiger partial charge < -0.3 is 24.0 Å². The molecule has 1 amide bonds. The Kier molecular flexibility index (Phi) is 9.71. The summed E-state index contributed by atoms with van der Waals surface area (Å²) in [6.07, 6.45) is 0.144. The van der Waals surface area contributed by atoms with E-state index in [0.29, 0.717) is 19.6 Å². The second-order valence-electron chi connectivity index (χ2n) is 10.8. The first-order valence-corrected chi connectivity index (χ1v) is 15.7. The van der Waals surface area contributed by atoms with Crippen molar-refractivity contribution in [3.05, 3.63) is 16.0 Å². The molecule has 35 heavy (non-hydrogen) atoms. The van der Waals surface area contributed by atoms with Gasteiger partial charge in [0, 0.05) is 4.88 Å². The van der Waals surface area contributed by atoms with Crippen LogP contribution in [0.3, 0.4) is 0 Å². The summed E-state index contributed by atoms with van der Waals surface area (Å²) in [5.74, 6) is -2.50. The zero-order valence-electron chi connectivity index (χ0n) is 22.6. The summed E-state index contributed by atoms with van der Waals surface area (Å²) in [5.41, 5.74) is -0.488. The van der Waals surface area contributed by atoms with Crippen molar-refractivity contribution in [1.29, 1.82) is 0 Å². The van der Waals surface area contributed by atoms with Crippen LogP contribution in [0.15, 0.2) is 0 Å². The van der Waals surface area contributed by atoms with Gasteiger partial charge >= 0.3 is 17.8 Å². The molecule has 1 unspecified atom stereocenters. The predicted molar refractivity (Wildman–Crippen MR) is 140 cm³/mol. The van der Waals surface area contributed by atoms with Crippen molar-refractivity contribution >= 4 is 42.5 Å². The van der Waals surface area contributed by atoms with Crippen LogP contribution in [-0.2, 0) is 34.6 Å². The molecular formula is C25H41NO7SSi. The van der Waals surface area contributed by atoms with Crippen LogP contribution in [0.2, 0.25) is 18.1 Å². The molecule has 198 valence electrons. The molecule has 1 aliphatic heterocycles. The monoisotopic (exact) mass is 527 g/mol. The first-order valence-electron chi connectivity index (χ1n) is 12.3. The Balaban J connectivity index is 2.42. The standard InChI is InChI=1S/C25H41NO7SSi/c1-10-35(11-2,12-3)31-15-17-19-16(13-14-30-17)18(22(28)32-24(4,5)6)21(34-19)26-20(27)23(29)33-25(7,8)9/h17H,10-15H2,1-9H3,(H,26,27). The molecule has 8 nitrogen and oxygen atoms in total. The van der Waals surface area contributed by atoms with Gasteiger partial charge in [0.2, 0.25) is 0 Å². The molecule has 1 N–H and O–H groups in total. The molecule has 1 aromatic rings. The summed E-state index contributed by atoms with van der Waals surface area (Å²) in [4.78, 5) is 39.0. The molecule has 0 radical (unpaired) electrons. The lowest BCUT2D eigenvalue weighted by Crippen LogP contribution is -2.38. The number of anilines is 1. The van der Waals surface area contributed by atoms with Crippen LogP contribution < -0.4 is 5.32 Å². The van der Waals surface area contributed by atoms with Crippen molar-refractivity contribution in [2.45, 2.75) is 104 Å². The average Bonchev–Trinajstić information content (AvgIpc) is 3.11. The van der Waals surface area contributed by atoms with Crippen molar-refractivity contribution in [1.82, 2.24) is 0 Å². The van der Waals surface area contributed by atoms with E-state index in [0.717, 1.165) is 28.6 Å². The molecule has 0 aromatic carbocycles. The van der Waals surface area contributed by atoms with E-state index in [-0.39, 0.29) is 16.7 Å². The van der Waals surface area contributed by atoms with Gasteiger partial charge in [-0.05, 0) is 71.7 Å². The molecule has 0 aliphatic carbocycles. The average molecular weight is 528 g/mol. The minimum atomic E-state index is -1.84. The number of hydrogen-bond acceptors (Lipinski definition) is 8. The summed E-state index contributed by atoms with van der Waals surface area (Å²) in [6.45, 7) is 17.7. The number of ether oxygens (including phenoxy) is 3. The molecule has 2 heterocycles. The highest BCUT2D eigenvalue weighted by Gasteiger charge is 2.37. The summed E-state index contributed by atoms with van der Waals surface area (Å²) in [5, 5.41) is 2.86. The lowest BCUT2D eigenvalue weighted by Gasteiger charge is -2.31. The van der Waals surface area contributed by atoms with E-state index in [4.69, 9.17) is 18.6 Å². The van der Waals surface area contributed by atoms with Crippen LogP contribution in [0.5, 0.6) is 0 Å². The van der Waals surface area contributed by atoms with E-state index in [1.54, 1.807) is 41.5 Å². The van der Waals surface area contributed by atoms with Gasteiger partial charge in [-0.25, -0.2) is 9.59 Å². The molecule has 0 bridgehead atoms. The third-order valence-corrected chi connectivity index (χ3v) is 11.8. The smallest absolute Gasteiger partial charge is 0.397 e. The first-order chi connectivity index (χ1) is 16.1. The summed E-state index contributed by atoms with van der Waals surface area (Å²) in [6, 6.07) is 3.05. The maximum absolute atomic E-state index is 13.2. The highest BCUT2D eigenvalue weighted by atomic mass is 32.1. The largest absolute Gasteiger partial charge is 0.456 e. The van der Waals surface area contributed by atoms with E-state index in [1.807, 2.05) is 0 Å². The fraction of sp³-hybridized carbons (Fsp3) is 0.720. The minimum Gasteiger partial charge on any atom is -0.456 e. The van der Waals surface area contributed by atoms with Gasteiger partial charge in [0.1, 0.15) is 22.3 Å². The number of carbonyl (C=O) groups is 3. The highest BCUT2D eigenvalue weighted by Crippen LogP contribution is 2.43. The predicted octanol–water partition coefficient (Wildman–Crippen LogP) is 5.62. The topological polar surface area (TPSA) is 100 Å². The summed E-state index contributed by atoms with van der Waals surface area (Å²) in [7, 11) is -1.84. The normalized spacial score (nSPS) is 16.4. The van der Waals surface area contributed by atoms with Crippen LogP contribution in [0.1, 0.15) is 89.2 Å². The van der Waals surface area contributed by atoms with Crippen LogP contribution >= 0.6 is 11.3 Å². The van der Waals surface area contributed by atoms with Crippen molar-refractivity contribution in [3.63, 3.8) is 0 Å². The van der Waals surface area contributed by atoms with E-state index >= 15 is 0 Å². The number of nitrogens with one attached hydrogen (secondary N) is 1. The minimum absolute atomic E-state index is 0.264. The molecular weight excluding hydrogens is 486 g/mol. The SMILES string of the molecule is CC[Si](CC)(CC)OCC1OCCc2c1sc(NC(=O)C(=O)OC(C)(C)C)c2C(=O)OC(C)(C)C. The summed E-state index contributed by atoms with van der Waals surface area (Å²) >= 11 is 1.23. The van der Waals surface area contributed by atoms with Gasteiger partial charge in [0.25, 0.3) is 0 Å². The second-order valence-corrected chi connectivity index (χ2v) is 16.6. The molecule has 1 aromatic heterocycles. The van der Waals surface area contributed by atoms with Gasteiger partial charge in [0.05, 0.1) is 18.8 Å². The van der Waals surface area contributed by atoms with Gasteiger partial charge in [-0.15, -0.1) is 11.3 Å². The quantitative estimate of drug-likeness (QED) is 0.266. The molecule has 0 spiro atoms. The number of amides is 1. The number of carbonyl (C=O) groups excluding carboxylic acids is 3. The third-order valence-electron chi connectivity index (χ3n) is 5.89. The van der Waals surface area contributed by atoms with Crippen LogP contribution in [-0.4, -0.2) is 50.6 Å². The maximum atomic E-state index is 13.2. The number of fused-ring (bicyclic) bond motifs is 1. The Bertz CT molecular complexity index is 917. The van der Waals surface area contributed by atoms with Gasteiger partial charge in [0.15, 0.2) is 8.32 Å². The number of thiophene rings is 1. The van der Waals surface area contributed by atoms with E-state index in [2.05, 4.69) is 26.1 Å². The number of hydrogen-bond donors (Lipinski definition) is 1. The van der Waals surface area contributed by atoms with Gasteiger partial charge in [-0.1, -0.05) is 20.8 Å². The van der Waals surface area contributed by atoms with Crippen LogP contribution in [0.25, 0.3) is 0 Å². The highest BCUT2D eigenvalue weighted by molar-refractivity contribution is 7.17. The molecule has 10 heteroatoms. The second kappa shape index (κ2) is 11.5. The first kappa shape index (κ1) is 29.5. The zero-order valence-corrected chi connectivity index (χ0v) is 24.4. The van der Waals surface area contributed by atoms with E-state index < -0.39 is 37.4 Å². The Hall–Kier alpha value is -1.75. The Morgan fingerprint density at radius 3 is 2.09 bits per heavy atom. The Labute approximate surface area is 214 Å². The van der Waals surface area contributed by atoms with Gasteiger partial charge in [-0.2, -0.15) is 0 Å². The Morgan fingerprint density at radius 2 is 1.57 bits per heavy atom. The molecule has 1 atom stereocenters. The van der Waals surface area contributed by atoms with Crippen molar-refractivity contribution in [2.75, 3.05) is 18.5 Å². The maximum Gasteiger partial charge on any atom is 0.397 e. The van der Waals surface area contributed by atoms with Crippen LogP contribution in [0, 0.1) is 0 Å². The molecule has 1 aliphatic rings.